The molecule has 0 amide bonds. The van der Waals surface area contributed by atoms with Gasteiger partial charge in [0.1, 0.15) is 18.1 Å². The summed E-state index contributed by atoms with van der Waals surface area (Å²) in [5.74, 6) is 1.50. The highest BCUT2D eigenvalue weighted by Gasteiger charge is 2.23. The van der Waals surface area contributed by atoms with E-state index < -0.39 is 0 Å². The zero-order chi connectivity index (χ0) is 27.5. The Morgan fingerprint density at radius 1 is 0.925 bits per heavy atom. The number of nitrogens with two attached hydrogens (primary N) is 1. The number of hydrogen-bond acceptors (Lipinski definition) is 6. The number of methoxy groups -OCH3 is 1. The highest BCUT2D eigenvalue weighted by molar-refractivity contribution is 7.22. The van der Waals surface area contributed by atoms with Crippen LogP contribution >= 0.6 is 11.3 Å². The number of fused-ring (bicyclic) bond motifs is 1. The number of likely N-dealkylation sites (tertiary alicyclic amines) is 1. The SMILES string of the molecule is COc1cc(C(=O)c2c(-c3ccc(N)cc3)sc3cc(OCc4ccccc4)ccc23)ccc1CN1CCCC1. The molecule has 1 fully saturated rings. The van der Waals surface area contributed by atoms with Crippen LogP contribution in [0.25, 0.3) is 20.5 Å². The lowest BCUT2D eigenvalue weighted by molar-refractivity contribution is 0.104. The van der Waals surface area contributed by atoms with Crippen LogP contribution in [-0.2, 0) is 13.2 Å². The third-order valence-electron chi connectivity index (χ3n) is 7.45. The van der Waals surface area contributed by atoms with Crippen LogP contribution in [-0.4, -0.2) is 30.9 Å². The van der Waals surface area contributed by atoms with E-state index in [0.717, 1.165) is 62.8 Å². The van der Waals surface area contributed by atoms with Crippen molar-refractivity contribution in [3.63, 3.8) is 0 Å². The second-order valence-corrected chi connectivity index (χ2v) is 11.3. The maximum atomic E-state index is 14.2. The van der Waals surface area contributed by atoms with Gasteiger partial charge in [0.15, 0.2) is 5.78 Å². The summed E-state index contributed by atoms with van der Waals surface area (Å²) in [6, 6.07) is 29.6. The minimum Gasteiger partial charge on any atom is -0.496 e. The predicted molar refractivity (Wildman–Crippen MR) is 163 cm³/mol. The van der Waals surface area contributed by atoms with Crippen molar-refractivity contribution < 1.29 is 14.3 Å². The Morgan fingerprint density at radius 2 is 1.70 bits per heavy atom. The maximum Gasteiger partial charge on any atom is 0.195 e. The van der Waals surface area contributed by atoms with E-state index >= 15 is 0 Å². The first-order valence-corrected chi connectivity index (χ1v) is 14.4. The van der Waals surface area contributed by atoms with Gasteiger partial charge in [-0.05, 0) is 73.5 Å². The molecule has 5 aromatic rings. The van der Waals surface area contributed by atoms with Gasteiger partial charge in [0.05, 0.1) is 7.11 Å². The first-order valence-electron chi connectivity index (χ1n) is 13.6. The number of nitrogen functional groups attached to an aromatic ring is 1. The van der Waals surface area contributed by atoms with Gasteiger partial charge in [-0.3, -0.25) is 9.69 Å². The minimum absolute atomic E-state index is 0.0259. The van der Waals surface area contributed by atoms with E-state index in [2.05, 4.69) is 4.90 Å². The molecule has 5 nitrogen and oxygen atoms in total. The summed E-state index contributed by atoms with van der Waals surface area (Å²) in [4.78, 5) is 17.5. The summed E-state index contributed by atoms with van der Waals surface area (Å²) >= 11 is 1.60. The number of thiophene rings is 1. The number of carbonyl (C=O) groups is 1. The molecule has 6 heteroatoms. The number of rotatable bonds is 9. The van der Waals surface area contributed by atoms with Gasteiger partial charge in [0, 0.05) is 43.9 Å². The molecule has 1 aliphatic heterocycles. The van der Waals surface area contributed by atoms with Crippen LogP contribution in [0.15, 0.2) is 91.0 Å². The van der Waals surface area contributed by atoms with Gasteiger partial charge in [0.2, 0.25) is 0 Å². The van der Waals surface area contributed by atoms with Crippen LogP contribution < -0.4 is 15.2 Å². The van der Waals surface area contributed by atoms with Gasteiger partial charge in [-0.25, -0.2) is 0 Å². The molecule has 6 rings (SSSR count). The highest BCUT2D eigenvalue weighted by Crippen LogP contribution is 2.42. The molecule has 0 radical (unpaired) electrons. The van der Waals surface area contributed by atoms with Crippen LogP contribution in [0.3, 0.4) is 0 Å². The fourth-order valence-corrected chi connectivity index (χ4v) is 6.55. The normalized spacial score (nSPS) is 13.5. The topological polar surface area (TPSA) is 64.8 Å². The van der Waals surface area contributed by atoms with Crippen molar-refractivity contribution in [3.8, 4) is 21.9 Å². The molecule has 40 heavy (non-hydrogen) atoms. The Bertz CT molecular complexity index is 1640. The Labute approximate surface area is 238 Å². The molecule has 0 saturated carbocycles. The largest absolute Gasteiger partial charge is 0.496 e. The monoisotopic (exact) mass is 548 g/mol. The molecule has 1 saturated heterocycles. The summed E-state index contributed by atoms with van der Waals surface area (Å²) in [6.45, 7) is 3.53. The van der Waals surface area contributed by atoms with Crippen molar-refractivity contribution in [2.75, 3.05) is 25.9 Å². The maximum absolute atomic E-state index is 14.2. The van der Waals surface area contributed by atoms with E-state index in [0.29, 0.717) is 23.4 Å². The molecule has 2 heterocycles. The van der Waals surface area contributed by atoms with Crippen LogP contribution in [0.4, 0.5) is 5.69 Å². The lowest BCUT2D eigenvalue weighted by Gasteiger charge is -2.17. The Hall–Kier alpha value is -4.13. The number of anilines is 1. The van der Waals surface area contributed by atoms with E-state index in [4.69, 9.17) is 15.2 Å². The molecule has 1 aliphatic rings. The van der Waals surface area contributed by atoms with E-state index in [1.54, 1.807) is 18.4 Å². The number of nitrogens with zero attached hydrogens (tertiary/aromatic N) is 1. The average Bonchev–Trinajstić information content (AvgIpc) is 3.64. The van der Waals surface area contributed by atoms with Crippen molar-refractivity contribution in [2.45, 2.75) is 26.0 Å². The second-order valence-electron chi connectivity index (χ2n) is 10.2. The molecule has 0 bridgehead atoms. The van der Waals surface area contributed by atoms with Gasteiger partial charge < -0.3 is 15.2 Å². The van der Waals surface area contributed by atoms with Crippen LogP contribution in [0.5, 0.6) is 11.5 Å². The number of hydrogen-bond donors (Lipinski definition) is 1. The minimum atomic E-state index is -0.0259. The van der Waals surface area contributed by atoms with Crippen LogP contribution in [0, 0.1) is 0 Å². The summed E-state index contributed by atoms with van der Waals surface area (Å²) in [6.07, 6.45) is 2.47. The molecule has 2 N–H and O–H groups in total. The molecular formula is C34H32N2O3S. The number of ether oxygens (including phenoxy) is 2. The first kappa shape index (κ1) is 26.1. The molecule has 4 aromatic carbocycles. The Kier molecular flexibility index (Phi) is 7.53. The lowest BCUT2D eigenvalue weighted by Crippen LogP contribution is -2.19. The molecule has 0 spiro atoms. The average molecular weight is 549 g/mol. The molecule has 0 unspecified atom stereocenters. The van der Waals surface area contributed by atoms with Crippen molar-refractivity contribution in [3.05, 3.63) is 113 Å². The number of carbonyl (C=O) groups excluding carboxylic acids is 1. The standard InChI is InChI=1S/C34H32N2O3S/c1-38-30-19-25(9-10-26(30)21-36-17-5-6-18-36)33(37)32-29-16-15-28(39-22-23-7-3-2-4-8-23)20-31(29)40-34(32)24-11-13-27(35)14-12-24/h2-4,7-16,19-20H,5-6,17-18,21-22,35H2,1H3. The first-order chi connectivity index (χ1) is 19.6. The van der Waals surface area contributed by atoms with E-state index in [-0.39, 0.29) is 5.78 Å². The fraction of sp³-hybridized carbons (Fsp3) is 0.206. The molecule has 1 aromatic heterocycles. The Morgan fingerprint density at radius 3 is 2.45 bits per heavy atom. The van der Waals surface area contributed by atoms with Crippen LogP contribution in [0.2, 0.25) is 0 Å². The van der Waals surface area contributed by atoms with Crippen molar-refractivity contribution >= 4 is 32.9 Å². The molecule has 202 valence electrons. The quantitative estimate of drug-likeness (QED) is 0.152. The van der Waals surface area contributed by atoms with Gasteiger partial charge >= 0.3 is 0 Å². The van der Waals surface area contributed by atoms with Crippen LogP contribution in [0.1, 0.15) is 39.9 Å². The summed E-state index contributed by atoms with van der Waals surface area (Å²) < 4.78 is 12.8. The van der Waals surface area contributed by atoms with E-state index in [9.17, 15) is 4.79 Å². The highest BCUT2D eigenvalue weighted by atomic mass is 32.1. The summed E-state index contributed by atoms with van der Waals surface area (Å²) in [5.41, 5.74) is 11.1. The number of ketones is 1. The van der Waals surface area contributed by atoms with Gasteiger partial charge in [-0.2, -0.15) is 0 Å². The van der Waals surface area contributed by atoms with Crippen molar-refractivity contribution in [1.29, 1.82) is 0 Å². The lowest BCUT2D eigenvalue weighted by atomic mass is 9.96. The molecular weight excluding hydrogens is 516 g/mol. The third-order valence-corrected chi connectivity index (χ3v) is 8.65. The van der Waals surface area contributed by atoms with E-state index in [1.807, 2.05) is 91.0 Å². The zero-order valence-corrected chi connectivity index (χ0v) is 23.4. The van der Waals surface area contributed by atoms with Gasteiger partial charge in [0.25, 0.3) is 0 Å². The zero-order valence-electron chi connectivity index (χ0n) is 22.6. The fourth-order valence-electron chi connectivity index (χ4n) is 5.31. The van der Waals surface area contributed by atoms with E-state index in [1.165, 1.54) is 12.8 Å². The smallest absolute Gasteiger partial charge is 0.195 e. The van der Waals surface area contributed by atoms with Crippen molar-refractivity contribution in [2.24, 2.45) is 0 Å². The molecule has 0 aliphatic carbocycles. The third kappa shape index (κ3) is 5.46. The number of benzene rings is 4. The van der Waals surface area contributed by atoms with Gasteiger partial charge in [-0.1, -0.05) is 54.6 Å². The summed E-state index contributed by atoms with van der Waals surface area (Å²) in [5, 5.41) is 0.911. The Balaban J connectivity index is 1.37. The second kappa shape index (κ2) is 11.5. The molecule has 0 atom stereocenters. The summed E-state index contributed by atoms with van der Waals surface area (Å²) in [7, 11) is 1.67. The predicted octanol–water partition coefficient (Wildman–Crippen LogP) is 7.56. The van der Waals surface area contributed by atoms with Gasteiger partial charge in [-0.15, -0.1) is 11.3 Å². The van der Waals surface area contributed by atoms with Crippen molar-refractivity contribution in [1.82, 2.24) is 4.90 Å².